The molecule has 0 aromatic rings. The second kappa shape index (κ2) is 6.20. The van der Waals surface area contributed by atoms with Crippen molar-refractivity contribution in [3.05, 3.63) is 0 Å². The van der Waals surface area contributed by atoms with Crippen molar-refractivity contribution in [3.63, 3.8) is 0 Å². The lowest BCUT2D eigenvalue weighted by Crippen LogP contribution is -2.49. The van der Waals surface area contributed by atoms with Crippen LogP contribution < -0.4 is 10.6 Å². The molecule has 1 aliphatic heterocycles. The molecule has 3 amide bonds. The molecule has 0 aromatic heterocycles. The zero-order valence-electron chi connectivity index (χ0n) is 10.3. The maximum Gasteiger partial charge on any atom is 0.315 e. The van der Waals surface area contributed by atoms with E-state index in [1.807, 2.05) is 0 Å². The molecule has 0 radical (unpaired) electrons. The fourth-order valence-corrected chi connectivity index (χ4v) is 1.47. The van der Waals surface area contributed by atoms with Crippen LogP contribution in [0.2, 0.25) is 0 Å². The van der Waals surface area contributed by atoms with E-state index in [0.29, 0.717) is 0 Å². The normalized spacial score (nSPS) is 22.3. The Morgan fingerprint density at radius 1 is 1.33 bits per heavy atom. The first kappa shape index (κ1) is 14.2. The molecule has 1 fully saturated rings. The van der Waals surface area contributed by atoms with E-state index in [1.54, 1.807) is 14.1 Å². The van der Waals surface area contributed by atoms with Gasteiger partial charge in [0.25, 0.3) is 0 Å². The zero-order valence-corrected chi connectivity index (χ0v) is 10.3. The van der Waals surface area contributed by atoms with Crippen molar-refractivity contribution >= 4 is 17.9 Å². The van der Waals surface area contributed by atoms with Gasteiger partial charge in [0.05, 0.1) is 25.8 Å². The van der Waals surface area contributed by atoms with Crippen LogP contribution in [0.4, 0.5) is 4.79 Å². The van der Waals surface area contributed by atoms with Gasteiger partial charge >= 0.3 is 12.0 Å². The van der Waals surface area contributed by atoms with Crippen molar-refractivity contribution in [1.82, 2.24) is 15.5 Å². The summed E-state index contributed by atoms with van der Waals surface area (Å²) in [7, 11) is 3.15. The van der Waals surface area contributed by atoms with Gasteiger partial charge in [0, 0.05) is 14.1 Å². The lowest BCUT2D eigenvalue weighted by atomic mass is 10.0. The Kier molecular flexibility index (Phi) is 4.90. The smallest absolute Gasteiger partial charge is 0.315 e. The van der Waals surface area contributed by atoms with Crippen LogP contribution in [0, 0.1) is 5.92 Å². The third-order valence-corrected chi connectivity index (χ3v) is 2.61. The van der Waals surface area contributed by atoms with Gasteiger partial charge in [-0.15, -0.1) is 0 Å². The molecule has 8 heteroatoms. The number of nitrogens with zero attached hydrogens (tertiary/aromatic N) is 1. The minimum Gasteiger partial charge on any atom is -0.481 e. The average molecular weight is 259 g/mol. The number of hydrogen-bond donors (Lipinski definition) is 3. The Labute approximate surface area is 104 Å². The second-order valence-corrected chi connectivity index (χ2v) is 4.20. The molecule has 2 unspecified atom stereocenters. The van der Waals surface area contributed by atoms with Gasteiger partial charge in [0.15, 0.2) is 0 Å². The fraction of sp³-hybridized carbons (Fsp3) is 0.700. The van der Waals surface area contributed by atoms with Crippen molar-refractivity contribution in [2.45, 2.75) is 6.04 Å². The predicted octanol–water partition coefficient (Wildman–Crippen LogP) is -1.53. The molecule has 1 rings (SSSR count). The molecule has 3 N–H and O–H groups in total. The zero-order chi connectivity index (χ0) is 13.7. The highest BCUT2D eigenvalue weighted by Gasteiger charge is 2.35. The third-order valence-electron chi connectivity index (χ3n) is 2.61. The second-order valence-electron chi connectivity index (χ2n) is 4.20. The van der Waals surface area contributed by atoms with Gasteiger partial charge in [-0.05, 0) is 0 Å². The first-order chi connectivity index (χ1) is 8.41. The van der Waals surface area contributed by atoms with Crippen LogP contribution >= 0.6 is 0 Å². The average Bonchev–Trinajstić information content (AvgIpc) is 2.73. The maximum absolute atomic E-state index is 11.5. The third kappa shape index (κ3) is 3.88. The molecule has 0 bridgehead atoms. The van der Waals surface area contributed by atoms with Gasteiger partial charge in [0.1, 0.15) is 5.92 Å². The minimum atomic E-state index is -1.01. The Balaban J connectivity index is 2.36. The monoisotopic (exact) mass is 259 g/mol. The van der Waals surface area contributed by atoms with Crippen LogP contribution in [0.1, 0.15) is 0 Å². The summed E-state index contributed by atoms with van der Waals surface area (Å²) in [5.74, 6) is -2.01. The Morgan fingerprint density at radius 2 is 2.00 bits per heavy atom. The summed E-state index contributed by atoms with van der Waals surface area (Å²) in [6, 6.07) is -1.15. The number of carboxylic acid groups (broad SMARTS) is 1. The Morgan fingerprint density at radius 3 is 2.56 bits per heavy atom. The van der Waals surface area contributed by atoms with Gasteiger partial charge in [-0.25, -0.2) is 4.79 Å². The van der Waals surface area contributed by atoms with Gasteiger partial charge in [-0.1, -0.05) is 0 Å². The summed E-state index contributed by atoms with van der Waals surface area (Å²) >= 11 is 0. The summed E-state index contributed by atoms with van der Waals surface area (Å²) in [6.45, 7) is 0.104. The van der Waals surface area contributed by atoms with Crippen LogP contribution in [0.15, 0.2) is 0 Å². The molecule has 1 saturated heterocycles. The van der Waals surface area contributed by atoms with Crippen LogP contribution in [0.5, 0.6) is 0 Å². The number of amides is 3. The van der Waals surface area contributed by atoms with Crippen molar-refractivity contribution in [3.8, 4) is 0 Å². The SMILES string of the molecule is CN(C)C(=O)CNC(=O)NC1COCC1C(=O)O. The number of carboxylic acids is 1. The highest BCUT2D eigenvalue weighted by molar-refractivity contribution is 5.84. The summed E-state index contributed by atoms with van der Waals surface area (Å²) in [5.41, 5.74) is 0. The summed E-state index contributed by atoms with van der Waals surface area (Å²) in [4.78, 5) is 34.9. The van der Waals surface area contributed by atoms with E-state index in [1.165, 1.54) is 4.90 Å². The van der Waals surface area contributed by atoms with E-state index in [2.05, 4.69) is 10.6 Å². The number of carbonyl (C=O) groups is 3. The largest absolute Gasteiger partial charge is 0.481 e. The number of likely N-dealkylation sites (N-methyl/N-ethyl adjacent to an activating group) is 1. The topological polar surface area (TPSA) is 108 Å². The lowest BCUT2D eigenvalue weighted by Gasteiger charge is -2.16. The maximum atomic E-state index is 11.5. The van der Waals surface area contributed by atoms with E-state index in [9.17, 15) is 14.4 Å². The van der Waals surface area contributed by atoms with Crippen molar-refractivity contribution in [2.75, 3.05) is 33.9 Å². The fourth-order valence-electron chi connectivity index (χ4n) is 1.47. The number of ether oxygens (including phenoxy) is 1. The molecule has 1 aliphatic rings. The lowest BCUT2D eigenvalue weighted by molar-refractivity contribution is -0.142. The molecule has 0 saturated carbocycles. The van der Waals surface area contributed by atoms with Crippen LogP contribution in [-0.4, -0.2) is 67.8 Å². The van der Waals surface area contributed by atoms with Crippen LogP contribution in [0.3, 0.4) is 0 Å². The molecule has 1 heterocycles. The van der Waals surface area contributed by atoms with Gasteiger partial charge in [0.2, 0.25) is 5.91 Å². The molecular weight excluding hydrogens is 242 g/mol. The van der Waals surface area contributed by atoms with Crippen molar-refractivity contribution in [1.29, 1.82) is 0 Å². The summed E-state index contributed by atoms with van der Waals surface area (Å²) in [6.07, 6.45) is 0. The molecule has 0 spiro atoms. The number of aliphatic carboxylic acids is 1. The first-order valence-corrected chi connectivity index (χ1v) is 5.47. The molecule has 2 atom stereocenters. The van der Waals surface area contributed by atoms with Crippen molar-refractivity contribution < 1.29 is 24.2 Å². The predicted molar refractivity (Wildman–Crippen MR) is 61.0 cm³/mol. The van der Waals surface area contributed by atoms with E-state index in [-0.39, 0.29) is 25.7 Å². The van der Waals surface area contributed by atoms with E-state index < -0.39 is 24.0 Å². The van der Waals surface area contributed by atoms with Gasteiger partial charge in [-0.3, -0.25) is 9.59 Å². The van der Waals surface area contributed by atoms with Crippen LogP contribution in [-0.2, 0) is 14.3 Å². The standard InChI is InChI=1S/C10H17N3O5/c1-13(2)8(14)3-11-10(17)12-7-5-18-4-6(7)9(15)16/h6-7H,3-5H2,1-2H3,(H,15,16)(H2,11,12,17). The number of urea groups is 1. The van der Waals surface area contributed by atoms with Gasteiger partial charge in [-0.2, -0.15) is 0 Å². The number of rotatable bonds is 4. The molecule has 8 nitrogen and oxygen atoms in total. The van der Waals surface area contributed by atoms with E-state index >= 15 is 0 Å². The summed E-state index contributed by atoms with van der Waals surface area (Å²) in [5, 5.41) is 13.7. The van der Waals surface area contributed by atoms with E-state index in [4.69, 9.17) is 9.84 Å². The number of carbonyl (C=O) groups excluding carboxylic acids is 2. The Hall–Kier alpha value is -1.83. The highest BCUT2D eigenvalue weighted by atomic mass is 16.5. The van der Waals surface area contributed by atoms with E-state index in [0.717, 1.165) is 0 Å². The first-order valence-electron chi connectivity index (χ1n) is 5.47. The number of hydrogen-bond acceptors (Lipinski definition) is 4. The molecule has 0 aromatic carbocycles. The molecule has 102 valence electrons. The molecule has 18 heavy (non-hydrogen) atoms. The quantitative estimate of drug-likeness (QED) is 0.568. The molecule has 0 aliphatic carbocycles. The highest BCUT2D eigenvalue weighted by Crippen LogP contribution is 2.13. The van der Waals surface area contributed by atoms with Crippen LogP contribution in [0.25, 0.3) is 0 Å². The minimum absolute atomic E-state index is 0.0803. The van der Waals surface area contributed by atoms with Crippen molar-refractivity contribution in [2.24, 2.45) is 5.92 Å². The number of nitrogens with one attached hydrogen (secondary N) is 2. The molecular formula is C10H17N3O5. The summed E-state index contributed by atoms with van der Waals surface area (Å²) < 4.78 is 5.00. The Bertz CT molecular complexity index is 344. The van der Waals surface area contributed by atoms with Gasteiger partial charge < -0.3 is 25.4 Å².